The van der Waals surface area contributed by atoms with E-state index in [9.17, 15) is 0 Å². The summed E-state index contributed by atoms with van der Waals surface area (Å²) in [5, 5.41) is 9.48. The first-order valence-corrected chi connectivity index (χ1v) is 5.90. The van der Waals surface area contributed by atoms with Crippen molar-refractivity contribution in [3.05, 3.63) is 35.1 Å². The Hall–Kier alpha value is -1.09. The van der Waals surface area contributed by atoms with Crippen molar-refractivity contribution in [1.82, 2.24) is 9.36 Å². The standard InChI is InChI=1S/C9H4ClN3S2/c10-7-1-2-8(6(3-7)4-11)14-9-12-5-13-15-9/h1-3,5H. The molecule has 15 heavy (non-hydrogen) atoms. The van der Waals surface area contributed by atoms with Crippen molar-refractivity contribution in [3.63, 3.8) is 0 Å². The van der Waals surface area contributed by atoms with Crippen LogP contribution in [0.1, 0.15) is 5.56 Å². The molecule has 0 atom stereocenters. The molecule has 0 amide bonds. The van der Waals surface area contributed by atoms with E-state index in [1.54, 1.807) is 12.1 Å². The van der Waals surface area contributed by atoms with E-state index in [0.717, 1.165) is 9.24 Å². The molecule has 0 spiro atoms. The Labute approximate surface area is 99.9 Å². The number of benzene rings is 1. The Bertz CT molecular complexity index is 505. The molecular formula is C9H4ClN3S2. The van der Waals surface area contributed by atoms with Gasteiger partial charge in [-0.3, -0.25) is 0 Å². The first-order valence-electron chi connectivity index (χ1n) is 3.94. The molecule has 3 nitrogen and oxygen atoms in total. The molecule has 1 aromatic heterocycles. The minimum absolute atomic E-state index is 0.558. The summed E-state index contributed by atoms with van der Waals surface area (Å²) in [6, 6.07) is 7.31. The van der Waals surface area contributed by atoms with Gasteiger partial charge in [0.05, 0.1) is 5.56 Å². The van der Waals surface area contributed by atoms with Gasteiger partial charge in [-0.2, -0.15) is 9.64 Å². The van der Waals surface area contributed by atoms with Gasteiger partial charge in [-0.05, 0) is 29.7 Å². The van der Waals surface area contributed by atoms with Gasteiger partial charge < -0.3 is 0 Å². The van der Waals surface area contributed by atoms with E-state index in [4.69, 9.17) is 16.9 Å². The lowest BCUT2D eigenvalue weighted by Gasteiger charge is -2.00. The number of nitriles is 1. The predicted octanol–water partition coefficient (Wildman–Crippen LogP) is 3.21. The van der Waals surface area contributed by atoms with Gasteiger partial charge in [-0.15, -0.1) is 0 Å². The third kappa shape index (κ3) is 2.48. The van der Waals surface area contributed by atoms with Crippen LogP contribution in [0.15, 0.2) is 33.8 Å². The van der Waals surface area contributed by atoms with E-state index in [1.165, 1.54) is 29.6 Å². The van der Waals surface area contributed by atoms with Crippen LogP contribution >= 0.6 is 34.9 Å². The summed E-state index contributed by atoms with van der Waals surface area (Å²) in [5.41, 5.74) is 0.558. The van der Waals surface area contributed by atoms with Gasteiger partial charge in [0.2, 0.25) is 0 Å². The third-order valence-electron chi connectivity index (χ3n) is 1.60. The smallest absolute Gasteiger partial charge is 0.174 e. The Balaban J connectivity index is 2.33. The van der Waals surface area contributed by atoms with Crippen LogP contribution in [0.3, 0.4) is 0 Å². The molecule has 0 N–H and O–H groups in total. The second kappa shape index (κ2) is 4.62. The van der Waals surface area contributed by atoms with E-state index in [1.807, 2.05) is 6.07 Å². The zero-order chi connectivity index (χ0) is 10.7. The maximum Gasteiger partial charge on any atom is 0.174 e. The second-order valence-corrected chi connectivity index (χ2v) is 5.07. The average molecular weight is 254 g/mol. The summed E-state index contributed by atoms with van der Waals surface area (Å²) < 4.78 is 4.71. The lowest BCUT2D eigenvalue weighted by atomic mass is 10.2. The maximum atomic E-state index is 8.92. The molecule has 0 bridgehead atoms. The molecule has 0 aliphatic heterocycles. The van der Waals surface area contributed by atoms with Crippen LogP contribution < -0.4 is 0 Å². The third-order valence-corrected chi connectivity index (χ3v) is 3.63. The number of hydrogen-bond donors (Lipinski definition) is 0. The zero-order valence-corrected chi connectivity index (χ0v) is 9.73. The number of aromatic nitrogens is 2. The fourth-order valence-corrected chi connectivity index (χ4v) is 2.62. The van der Waals surface area contributed by atoms with Crippen molar-refractivity contribution < 1.29 is 0 Å². The van der Waals surface area contributed by atoms with Gasteiger partial charge in [-0.1, -0.05) is 23.4 Å². The SMILES string of the molecule is N#Cc1cc(Cl)ccc1Sc1ncns1. The molecule has 2 rings (SSSR count). The van der Waals surface area contributed by atoms with Crippen LogP contribution in [0.2, 0.25) is 5.02 Å². The normalized spacial score (nSPS) is 9.87. The molecule has 0 unspecified atom stereocenters. The summed E-state index contributed by atoms with van der Waals surface area (Å²) in [6.07, 6.45) is 1.50. The fraction of sp³-hybridized carbons (Fsp3) is 0. The highest BCUT2D eigenvalue weighted by Gasteiger charge is 2.06. The minimum atomic E-state index is 0.558. The monoisotopic (exact) mass is 253 g/mol. The first kappa shape index (κ1) is 10.4. The van der Waals surface area contributed by atoms with Crippen molar-refractivity contribution >= 4 is 34.9 Å². The Kier molecular flexibility index (Phi) is 3.21. The Morgan fingerprint density at radius 1 is 1.47 bits per heavy atom. The number of hydrogen-bond acceptors (Lipinski definition) is 5. The van der Waals surface area contributed by atoms with Gasteiger partial charge in [0.25, 0.3) is 0 Å². The van der Waals surface area contributed by atoms with E-state index < -0.39 is 0 Å². The fourth-order valence-electron chi connectivity index (χ4n) is 0.981. The molecule has 0 saturated heterocycles. The van der Waals surface area contributed by atoms with Crippen molar-refractivity contribution in [2.45, 2.75) is 9.24 Å². The molecule has 1 aromatic carbocycles. The molecule has 74 valence electrons. The molecule has 0 aliphatic carbocycles. The minimum Gasteiger partial charge on any atom is -0.216 e. The summed E-state index contributed by atoms with van der Waals surface area (Å²) in [7, 11) is 0. The van der Waals surface area contributed by atoms with Crippen LogP contribution in [0, 0.1) is 11.3 Å². The second-order valence-electron chi connectivity index (χ2n) is 2.56. The highest BCUT2D eigenvalue weighted by Crippen LogP contribution is 2.31. The molecule has 0 saturated carbocycles. The summed E-state index contributed by atoms with van der Waals surface area (Å²) >= 11 is 8.51. The first-order chi connectivity index (χ1) is 7.29. The zero-order valence-electron chi connectivity index (χ0n) is 7.35. The summed E-state index contributed by atoms with van der Waals surface area (Å²) in [4.78, 5) is 4.88. The van der Waals surface area contributed by atoms with Crippen molar-refractivity contribution in [2.24, 2.45) is 0 Å². The topological polar surface area (TPSA) is 49.6 Å². The predicted molar refractivity (Wildman–Crippen MR) is 60.2 cm³/mol. The molecule has 6 heteroatoms. The summed E-state index contributed by atoms with van der Waals surface area (Å²) in [6.45, 7) is 0. The lowest BCUT2D eigenvalue weighted by molar-refractivity contribution is 1.21. The van der Waals surface area contributed by atoms with E-state index in [-0.39, 0.29) is 0 Å². The van der Waals surface area contributed by atoms with E-state index in [2.05, 4.69) is 15.4 Å². The van der Waals surface area contributed by atoms with Gasteiger partial charge in [-0.25, -0.2) is 4.98 Å². The van der Waals surface area contributed by atoms with Crippen LogP contribution in [-0.4, -0.2) is 9.36 Å². The maximum absolute atomic E-state index is 8.92. The molecule has 0 radical (unpaired) electrons. The van der Waals surface area contributed by atoms with Gasteiger partial charge >= 0.3 is 0 Å². The van der Waals surface area contributed by atoms with Gasteiger partial charge in [0, 0.05) is 9.92 Å². The quantitative estimate of drug-likeness (QED) is 0.825. The lowest BCUT2D eigenvalue weighted by Crippen LogP contribution is -1.80. The number of rotatable bonds is 2. The molecule has 0 fully saturated rings. The molecule has 2 aromatic rings. The highest BCUT2D eigenvalue weighted by atomic mass is 35.5. The molecular weight excluding hydrogens is 250 g/mol. The van der Waals surface area contributed by atoms with Crippen molar-refractivity contribution in [1.29, 1.82) is 5.26 Å². The van der Waals surface area contributed by atoms with Crippen molar-refractivity contribution in [2.75, 3.05) is 0 Å². The Morgan fingerprint density at radius 3 is 3.00 bits per heavy atom. The van der Waals surface area contributed by atoms with E-state index in [0.29, 0.717) is 10.6 Å². The van der Waals surface area contributed by atoms with Crippen LogP contribution in [0.4, 0.5) is 0 Å². The van der Waals surface area contributed by atoms with Gasteiger partial charge in [0.15, 0.2) is 4.34 Å². The van der Waals surface area contributed by atoms with Crippen LogP contribution in [0.25, 0.3) is 0 Å². The van der Waals surface area contributed by atoms with E-state index >= 15 is 0 Å². The van der Waals surface area contributed by atoms with Gasteiger partial charge in [0.1, 0.15) is 12.4 Å². The Morgan fingerprint density at radius 2 is 2.33 bits per heavy atom. The van der Waals surface area contributed by atoms with Crippen molar-refractivity contribution in [3.8, 4) is 6.07 Å². The average Bonchev–Trinajstić information content (AvgIpc) is 2.73. The molecule has 0 aliphatic rings. The molecule has 1 heterocycles. The largest absolute Gasteiger partial charge is 0.216 e. The number of nitrogens with zero attached hydrogens (tertiary/aromatic N) is 3. The number of halogens is 1. The summed E-state index contributed by atoms with van der Waals surface area (Å²) in [5.74, 6) is 0. The van der Waals surface area contributed by atoms with Crippen LogP contribution in [-0.2, 0) is 0 Å². The van der Waals surface area contributed by atoms with Crippen LogP contribution in [0.5, 0.6) is 0 Å². The highest BCUT2D eigenvalue weighted by molar-refractivity contribution is 8.01.